The maximum Gasteiger partial charge on any atom is 0.125 e. The van der Waals surface area contributed by atoms with Gasteiger partial charge in [0.25, 0.3) is 0 Å². The van der Waals surface area contributed by atoms with E-state index < -0.39 is 0 Å². The Labute approximate surface area is 115 Å². The van der Waals surface area contributed by atoms with Crippen molar-refractivity contribution >= 4 is 17.4 Å². The molecule has 0 radical (unpaired) electrons. The molecule has 0 aliphatic carbocycles. The van der Waals surface area contributed by atoms with E-state index in [0.29, 0.717) is 5.69 Å². The number of benzene rings is 2. The van der Waals surface area contributed by atoms with Crippen molar-refractivity contribution in [3.8, 4) is 5.75 Å². The van der Waals surface area contributed by atoms with Gasteiger partial charge < -0.3 is 10.5 Å². The average molecular weight is 275 g/mol. The molecule has 3 rings (SSSR count). The number of rotatable bonds is 3. The van der Waals surface area contributed by atoms with E-state index in [1.807, 2.05) is 18.2 Å². The highest BCUT2D eigenvalue weighted by molar-refractivity contribution is 7.99. The molecule has 2 aromatic carbocycles. The van der Waals surface area contributed by atoms with E-state index in [2.05, 4.69) is 6.07 Å². The molecule has 2 aromatic rings. The monoisotopic (exact) mass is 275 g/mol. The number of anilines is 1. The standard InChI is InChI=1S/C15H14FNOS/c16-11-5-6-15(13(17)8-11)19-9-12-7-10-3-1-2-4-14(10)18-12/h1-6,8,12H,7,9,17H2. The average Bonchev–Trinajstić information content (AvgIpc) is 2.80. The summed E-state index contributed by atoms with van der Waals surface area (Å²) in [5.41, 5.74) is 7.53. The number of para-hydroxylation sites is 1. The molecule has 0 fully saturated rings. The van der Waals surface area contributed by atoms with Crippen LogP contribution in [0.5, 0.6) is 5.75 Å². The third kappa shape index (κ3) is 2.68. The number of fused-ring (bicyclic) bond motifs is 1. The summed E-state index contributed by atoms with van der Waals surface area (Å²) in [6, 6.07) is 12.6. The van der Waals surface area contributed by atoms with Gasteiger partial charge in [-0.2, -0.15) is 0 Å². The van der Waals surface area contributed by atoms with Crippen molar-refractivity contribution in [3.63, 3.8) is 0 Å². The summed E-state index contributed by atoms with van der Waals surface area (Å²) < 4.78 is 18.8. The molecule has 2 N–H and O–H groups in total. The molecule has 4 heteroatoms. The van der Waals surface area contributed by atoms with E-state index in [1.165, 1.54) is 17.7 Å². The van der Waals surface area contributed by atoms with Crippen LogP contribution < -0.4 is 10.5 Å². The molecule has 1 aliphatic heterocycles. The molecule has 1 heterocycles. The molecule has 1 atom stereocenters. The van der Waals surface area contributed by atoms with E-state index in [-0.39, 0.29) is 11.9 Å². The number of nitrogen functional groups attached to an aromatic ring is 1. The van der Waals surface area contributed by atoms with Crippen LogP contribution in [0.3, 0.4) is 0 Å². The number of thioether (sulfide) groups is 1. The molecule has 1 unspecified atom stereocenters. The largest absolute Gasteiger partial charge is 0.489 e. The van der Waals surface area contributed by atoms with Crippen molar-refractivity contribution < 1.29 is 9.13 Å². The summed E-state index contributed by atoms with van der Waals surface area (Å²) in [4.78, 5) is 0.904. The normalized spacial score (nSPS) is 17.0. The first-order valence-corrected chi connectivity index (χ1v) is 7.13. The smallest absolute Gasteiger partial charge is 0.125 e. The highest BCUT2D eigenvalue weighted by atomic mass is 32.2. The SMILES string of the molecule is Nc1cc(F)ccc1SCC1Cc2ccccc2O1. The molecule has 0 spiro atoms. The Balaban J connectivity index is 1.63. The molecule has 1 aliphatic rings. The molecule has 0 aromatic heterocycles. The van der Waals surface area contributed by atoms with Gasteiger partial charge in [-0.3, -0.25) is 0 Å². The van der Waals surface area contributed by atoms with E-state index >= 15 is 0 Å². The number of hydrogen-bond donors (Lipinski definition) is 1. The molecule has 0 saturated heterocycles. The van der Waals surface area contributed by atoms with E-state index in [1.54, 1.807) is 17.8 Å². The first-order chi connectivity index (χ1) is 9.22. The van der Waals surface area contributed by atoms with Gasteiger partial charge in [0.05, 0.1) is 0 Å². The zero-order valence-corrected chi connectivity index (χ0v) is 11.1. The Hall–Kier alpha value is -1.68. The molecule has 98 valence electrons. The zero-order chi connectivity index (χ0) is 13.2. The topological polar surface area (TPSA) is 35.2 Å². The van der Waals surface area contributed by atoms with Crippen LogP contribution in [0.4, 0.5) is 10.1 Å². The van der Waals surface area contributed by atoms with Gasteiger partial charge >= 0.3 is 0 Å². The summed E-state index contributed by atoms with van der Waals surface area (Å²) in [6.45, 7) is 0. The minimum atomic E-state index is -0.300. The van der Waals surface area contributed by atoms with Crippen LogP contribution in [-0.4, -0.2) is 11.9 Å². The molecular formula is C15H14FNOS. The lowest BCUT2D eigenvalue weighted by Gasteiger charge is -2.11. The van der Waals surface area contributed by atoms with Gasteiger partial charge in [-0.05, 0) is 29.8 Å². The Bertz CT molecular complexity index is 577. The van der Waals surface area contributed by atoms with Gasteiger partial charge in [-0.15, -0.1) is 11.8 Å². The summed E-state index contributed by atoms with van der Waals surface area (Å²) in [6.07, 6.45) is 1.08. The van der Waals surface area contributed by atoms with Crippen LogP contribution in [-0.2, 0) is 6.42 Å². The lowest BCUT2D eigenvalue weighted by molar-refractivity contribution is 0.259. The van der Waals surface area contributed by atoms with Crippen molar-refractivity contribution in [2.75, 3.05) is 11.5 Å². The minimum Gasteiger partial charge on any atom is -0.489 e. The van der Waals surface area contributed by atoms with Gasteiger partial charge in [-0.25, -0.2) is 4.39 Å². The zero-order valence-electron chi connectivity index (χ0n) is 10.3. The van der Waals surface area contributed by atoms with E-state index in [0.717, 1.165) is 22.8 Å². The first-order valence-electron chi connectivity index (χ1n) is 6.15. The van der Waals surface area contributed by atoms with Crippen molar-refractivity contribution in [2.24, 2.45) is 0 Å². The van der Waals surface area contributed by atoms with Crippen LogP contribution in [0.15, 0.2) is 47.4 Å². The fourth-order valence-corrected chi connectivity index (χ4v) is 3.12. The highest BCUT2D eigenvalue weighted by Gasteiger charge is 2.22. The fraction of sp³-hybridized carbons (Fsp3) is 0.200. The van der Waals surface area contributed by atoms with Crippen molar-refractivity contribution in [3.05, 3.63) is 53.8 Å². The Morgan fingerprint density at radius 2 is 2.11 bits per heavy atom. The van der Waals surface area contributed by atoms with Crippen LogP contribution in [0, 0.1) is 5.82 Å². The Kier molecular flexibility index (Phi) is 3.34. The van der Waals surface area contributed by atoms with Gasteiger partial charge in [-0.1, -0.05) is 18.2 Å². The molecule has 2 nitrogen and oxygen atoms in total. The summed E-state index contributed by atoms with van der Waals surface area (Å²) >= 11 is 1.61. The first kappa shape index (κ1) is 12.4. The molecular weight excluding hydrogens is 261 g/mol. The van der Waals surface area contributed by atoms with Gasteiger partial charge in [0.15, 0.2) is 0 Å². The predicted molar refractivity (Wildman–Crippen MR) is 76.1 cm³/mol. The number of ether oxygens (including phenoxy) is 1. The predicted octanol–water partition coefficient (Wildman–Crippen LogP) is 3.50. The summed E-state index contributed by atoms with van der Waals surface area (Å²) in [5, 5.41) is 0. The third-order valence-corrected chi connectivity index (χ3v) is 4.33. The van der Waals surface area contributed by atoms with Gasteiger partial charge in [0.2, 0.25) is 0 Å². The van der Waals surface area contributed by atoms with Gasteiger partial charge in [0.1, 0.15) is 17.7 Å². The third-order valence-electron chi connectivity index (χ3n) is 3.11. The number of nitrogens with two attached hydrogens (primary N) is 1. The second-order valence-corrected chi connectivity index (χ2v) is 5.61. The van der Waals surface area contributed by atoms with Crippen LogP contribution in [0.1, 0.15) is 5.56 Å². The molecule has 0 bridgehead atoms. The van der Waals surface area contributed by atoms with Crippen molar-refractivity contribution in [1.29, 1.82) is 0 Å². The van der Waals surface area contributed by atoms with Crippen LogP contribution >= 0.6 is 11.8 Å². The summed E-state index contributed by atoms with van der Waals surface area (Å²) in [7, 11) is 0. The maximum absolute atomic E-state index is 13.0. The van der Waals surface area contributed by atoms with Crippen molar-refractivity contribution in [1.82, 2.24) is 0 Å². The fourth-order valence-electron chi connectivity index (χ4n) is 2.18. The van der Waals surface area contributed by atoms with Crippen LogP contribution in [0.2, 0.25) is 0 Å². The van der Waals surface area contributed by atoms with E-state index in [9.17, 15) is 4.39 Å². The second kappa shape index (κ2) is 5.13. The lowest BCUT2D eigenvalue weighted by atomic mass is 10.1. The van der Waals surface area contributed by atoms with Gasteiger partial charge in [0, 0.05) is 22.8 Å². The Morgan fingerprint density at radius 3 is 2.89 bits per heavy atom. The maximum atomic E-state index is 13.0. The quantitative estimate of drug-likeness (QED) is 0.688. The number of halogens is 1. The molecule has 0 saturated carbocycles. The number of hydrogen-bond acceptors (Lipinski definition) is 3. The molecule has 0 amide bonds. The summed E-state index contributed by atoms with van der Waals surface area (Å²) in [5.74, 6) is 1.48. The minimum absolute atomic E-state index is 0.159. The van der Waals surface area contributed by atoms with E-state index in [4.69, 9.17) is 10.5 Å². The Morgan fingerprint density at radius 1 is 1.26 bits per heavy atom. The second-order valence-electron chi connectivity index (χ2n) is 4.54. The lowest BCUT2D eigenvalue weighted by Crippen LogP contribution is -2.15. The highest BCUT2D eigenvalue weighted by Crippen LogP contribution is 2.32. The molecule has 19 heavy (non-hydrogen) atoms. The van der Waals surface area contributed by atoms with Crippen LogP contribution in [0.25, 0.3) is 0 Å². The van der Waals surface area contributed by atoms with Crippen molar-refractivity contribution in [2.45, 2.75) is 17.4 Å².